The number of nitrogens with zero attached hydrogens (tertiary/aromatic N) is 1. The van der Waals surface area contributed by atoms with E-state index in [1.54, 1.807) is 24.3 Å². The molecule has 0 saturated carbocycles. The second-order valence-electron chi connectivity index (χ2n) is 3.23. The van der Waals surface area contributed by atoms with Gasteiger partial charge in [-0.25, -0.2) is 10.3 Å². The normalized spacial score (nSPS) is 10.1. The Kier molecular flexibility index (Phi) is 2.72. The van der Waals surface area contributed by atoms with E-state index in [-0.39, 0.29) is 0 Å². The summed E-state index contributed by atoms with van der Waals surface area (Å²) in [6.45, 7) is 0. The summed E-state index contributed by atoms with van der Waals surface area (Å²) in [6, 6.07) is 11.5. The lowest BCUT2D eigenvalue weighted by Gasteiger charge is -2.15. The van der Waals surface area contributed by atoms with Gasteiger partial charge in [0.05, 0.1) is 5.69 Å². The first-order chi connectivity index (χ1) is 7.74. The summed E-state index contributed by atoms with van der Waals surface area (Å²) in [6.07, 6.45) is 0. The highest BCUT2D eigenvalue weighted by atomic mass is 16.5. The Labute approximate surface area is 91.4 Å². The van der Waals surface area contributed by atoms with Crippen molar-refractivity contribution in [1.82, 2.24) is 5.48 Å². The van der Waals surface area contributed by atoms with Gasteiger partial charge in [-0.15, -0.1) is 0 Å². The summed E-state index contributed by atoms with van der Waals surface area (Å²) in [7, 11) is 0. The van der Waals surface area contributed by atoms with E-state index in [4.69, 9.17) is 5.21 Å². The van der Waals surface area contributed by atoms with Crippen LogP contribution in [0.4, 0.5) is 10.5 Å². The van der Waals surface area contributed by atoms with Crippen LogP contribution in [0, 0.1) is 0 Å². The van der Waals surface area contributed by atoms with Crippen LogP contribution in [-0.2, 0) is 0 Å². The van der Waals surface area contributed by atoms with Gasteiger partial charge in [0, 0.05) is 5.39 Å². The third kappa shape index (κ3) is 1.69. The maximum atomic E-state index is 11.1. The van der Waals surface area contributed by atoms with Crippen LogP contribution in [0.2, 0.25) is 0 Å². The Hall–Kier alpha value is -2.11. The highest BCUT2D eigenvalue weighted by Gasteiger charge is 2.14. The number of urea groups is 1. The van der Waals surface area contributed by atoms with Crippen molar-refractivity contribution in [1.29, 1.82) is 0 Å². The molecule has 2 amide bonds. The lowest BCUT2D eigenvalue weighted by molar-refractivity contribution is 0.142. The fraction of sp³-hybridized carbons (Fsp3) is 0. The summed E-state index contributed by atoms with van der Waals surface area (Å²) in [5.74, 6) is 0. The Balaban J connectivity index is 2.56. The van der Waals surface area contributed by atoms with Crippen molar-refractivity contribution in [2.75, 3.05) is 5.06 Å². The van der Waals surface area contributed by atoms with Crippen LogP contribution in [0.1, 0.15) is 0 Å². The van der Waals surface area contributed by atoms with Gasteiger partial charge in [-0.2, -0.15) is 5.06 Å². The lowest BCUT2D eigenvalue weighted by atomic mass is 10.1. The Morgan fingerprint density at radius 1 is 1.12 bits per heavy atom. The summed E-state index contributed by atoms with van der Waals surface area (Å²) >= 11 is 0. The van der Waals surface area contributed by atoms with E-state index < -0.39 is 6.03 Å². The number of anilines is 1. The largest absolute Gasteiger partial charge is 0.369 e. The van der Waals surface area contributed by atoms with Crippen LogP contribution in [0.25, 0.3) is 10.8 Å². The summed E-state index contributed by atoms with van der Waals surface area (Å²) in [5.41, 5.74) is 1.67. The van der Waals surface area contributed by atoms with E-state index >= 15 is 0 Å². The number of benzene rings is 2. The van der Waals surface area contributed by atoms with E-state index in [2.05, 4.69) is 0 Å². The van der Waals surface area contributed by atoms with Gasteiger partial charge in [0.1, 0.15) is 0 Å². The number of rotatable bonds is 1. The average Bonchev–Trinajstić information content (AvgIpc) is 2.36. The molecule has 2 aromatic carbocycles. The molecule has 0 atom stereocenters. The molecule has 0 heterocycles. The Bertz CT molecular complexity index is 522. The molecule has 2 aromatic rings. The van der Waals surface area contributed by atoms with E-state index in [0.717, 1.165) is 10.8 Å². The minimum atomic E-state index is -1.00. The first-order valence-electron chi connectivity index (χ1n) is 4.65. The molecule has 0 aliphatic heterocycles. The predicted octanol–water partition coefficient (Wildman–Crippen LogP) is 2.13. The summed E-state index contributed by atoms with van der Waals surface area (Å²) in [5, 5.41) is 20.0. The molecule has 2 rings (SSSR count). The van der Waals surface area contributed by atoms with E-state index in [0.29, 0.717) is 10.8 Å². The number of hydrogen-bond donors (Lipinski definition) is 3. The van der Waals surface area contributed by atoms with Gasteiger partial charge in [0.15, 0.2) is 0 Å². The lowest BCUT2D eigenvalue weighted by Crippen LogP contribution is -2.35. The van der Waals surface area contributed by atoms with Crippen molar-refractivity contribution < 1.29 is 15.2 Å². The van der Waals surface area contributed by atoms with Crippen molar-refractivity contribution in [2.45, 2.75) is 0 Å². The van der Waals surface area contributed by atoms with E-state index in [1.807, 2.05) is 18.2 Å². The smallest absolute Gasteiger partial charge is 0.287 e. The quantitative estimate of drug-likeness (QED) is 0.507. The van der Waals surface area contributed by atoms with Gasteiger partial charge >= 0.3 is 6.03 Å². The predicted molar refractivity (Wildman–Crippen MR) is 58.5 cm³/mol. The molecular weight excluding hydrogens is 208 g/mol. The van der Waals surface area contributed by atoms with Crippen molar-refractivity contribution in [3.8, 4) is 0 Å². The highest BCUT2D eigenvalue weighted by Crippen LogP contribution is 2.25. The molecule has 0 unspecified atom stereocenters. The van der Waals surface area contributed by atoms with E-state index in [9.17, 15) is 10.0 Å². The van der Waals surface area contributed by atoms with Gasteiger partial charge in [-0.1, -0.05) is 36.4 Å². The van der Waals surface area contributed by atoms with Crippen LogP contribution in [-0.4, -0.2) is 16.4 Å². The maximum Gasteiger partial charge on any atom is 0.369 e. The molecule has 3 N–H and O–H groups in total. The zero-order chi connectivity index (χ0) is 11.5. The molecule has 0 spiro atoms. The van der Waals surface area contributed by atoms with Crippen molar-refractivity contribution >= 4 is 22.5 Å². The molecule has 0 bridgehead atoms. The van der Waals surface area contributed by atoms with Gasteiger partial charge in [0.25, 0.3) is 0 Å². The summed E-state index contributed by atoms with van der Waals surface area (Å²) < 4.78 is 0. The molecule has 0 saturated heterocycles. The van der Waals surface area contributed by atoms with Crippen LogP contribution < -0.4 is 10.5 Å². The van der Waals surface area contributed by atoms with Crippen molar-refractivity contribution in [2.24, 2.45) is 0 Å². The van der Waals surface area contributed by atoms with Gasteiger partial charge in [0.2, 0.25) is 0 Å². The highest BCUT2D eigenvalue weighted by molar-refractivity contribution is 6.01. The van der Waals surface area contributed by atoms with Crippen LogP contribution in [0.3, 0.4) is 0 Å². The molecule has 16 heavy (non-hydrogen) atoms. The monoisotopic (exact) mass is 218 g/mol. The van der Waals surface area contributed by atoms with Crippen LogP contribution in [0.15, 0.2) is 42.5 Å². The zero-order valence-electron chi connectivity index (χ0n) is 8.29. The average molecular weight is 218 g/mol. The third-order valence-electron chi connectivity index (χ3n) is 2.28. The maximum absolute atomic E-state index is 11.1. The fourth-order valence-electron chi connectivity index (χ4n) is 1.55. The first-order valence-corrected chi connectivity index (χ1v) is 4.65. The number of fused-ring (bicyclic) bond motifs is 1. The first kappa shape index (κ1) is 10.4. The fourth-order valence-corrected chi connectivity index (χ4v) is 1.55. The molecule has 0 aliphatic rings. The second-order valence-corrected chi connectivity index (χ2v) is 3.23. The number of carbonyl (C=O) groups is 1. The molecular formula is C11H10N2O3. The third-order valence-corrected chi connectivity index (χ3v) is 2.28. The molecule has 82 valence electrons. The number of amides is 2. The van der Waals surface area contributed by atoms with Crippen LogP contribution >= 0.6 is 0 Å². The van der Waals surface area contributed by atoms with Gasteiger partial charge in [-0.3, -0.25) is 10.4 Å². The summed E-state index contributed by atoms with van der Waals surface area (Å²) in [4.78, 5) is 11.1. The number of hydroxylamine groups is 2. The number of carbonyl (C=O) groups excluding carboxylic acids is 1. The minimum absolute atomic E-state index is 0.310. The zero-order valence-corrected chi connectivity index (χ0v) is 8.29. The van der Waals surface area contributed by atoms with Gasteiger partial charge in [-0.05, 0) is 11.5 Å². The molecule has 5 heteroatoms. The van der Waals surface area contributed by atoms with Crippen molar-refractivity contribution in [3.63, 3.8) is 0 Å². The molecule has 0 aromatic heterocycles. The SMILES string of the molecule is O=C(NO)N(O)c1cccc2ccccc12. The van der Waals surface area contributed by atoms with Crippen LogP contribution in [0.5, 0.6) is 0 Å². The topological polar surface area (TPSA) is 72.8 Å². The Morgan fingerprint density at radius 3 is 2.56 bits per heavy atom. The van der Waals surface area contributed by atoms with Crippen molar-refractivity contribution in [3.05, 3.63) is 42.5 Å². The molecule has 0 aliphatic carbocycles. The Morgan fingerprint density at radius 2 is 1.81 bits per heavy atom. The standard InChI is InChI=1S/C11H10N2O3/c14-11(12-15)13(16)10-7-3-5-8-4-1-2-6-9(8)10/h1-7,15-16H,(H,12,14). The van der Waals surface area contributed by atoms with E-state index in [1.165, 1.54) is 5.48 Å². The number of nitrogens with one attached hydrogen (secondary N) is 1. The van der Waals surface area contributed by atoms with Gasteiger partial charge < -0.3 is 0 Å². The molecule has 5 nitrogen and oxygen atoms in total. The molecule has 0 radical (unpaired) electrons. The molecule has 0 fully saturated rings. The second kappa shape index (κ2) is 4.18. The number of hydrogen-bond acceptors (Lipinski definition) is 3. The minimum Gasteiger partial charge on any atom is -0.287 e.